The van der Waals surface area contributed by atoms with Gasteiger partial charge >= 0.3 is 0 Å². The van der Waals surface area contributed by atoms with Gasteiger partial charge < -0.3 is 33.5 Å². The summed E-state index contributed by atoms with van der Waals surface area (Å²) in [5.41, 5.74) is 4.61. The van der Waals surface area contributed by atoms with Crippen LogP contribution >= 0.6 is 0 Å². The average molecular weight is 483 g/mol. The Morgan fingerprint density at radius 3 is 1.74 bits per heavy atom. The molecule has 3 aromatic rings. The van der Waals surface area contributed by atoms with Crippen LogP contribution < -0.4 is 28.4 Å². The minimum Gasteiger partial charge on any atom is -0.497 e. The van der Waals surface area contributed by atoms with Crippen molar-refractivity contribution in [3.63, 3.8) is 0 Å². The van der Waals surface area contributed by atoms with E-state index in [0.29, 0.717) is 40.7 Å². The molecular weight excluding hydrogens is 448 g/mol. The van der Waals surface area contributed by atoms with Crippen LogP contribution in [0.15, 0.2) is 42.5 Å². The number of ether oxygens (including phenoxy) is 6. The molecular formula is C28H34O7. The Morgan fingerprint density at radius 2 is 1.20 bits per heavy atom. The van der Waals surface area contributed by atoms with Crippen LogP contribution in [0.5, 0.6) is 34.5 Å². The fraction of sp³-hybridized carbons (Fsp3) is 0.357. The molecule has 0 amide bonds. The van der Waals surface area contributed by atoms with Gasteiger partial charge in [0.05, 0.1) is 49.3 Å². The van der Waals surface area contributed by atoms with Gasteiger partial charge in [-0.3, -0.25) is 0 Å². The number of aliphatic hydroxyl groups excluding tert-OH is 1. The highest BCUT2D eigenvalue weighted by Gasteiger charge is 2.26. The lowest BCUT2D eigenvalue weighted by Crippen LogP contribution is -2.12. The molecule has 3 aromatic carbocycles. The minimum atomic E-state index is -0.201. The minimum absolute atomic E-state index is 0.174. The lowest BCUT2D eigenvalue weighted by Gasteiger charge is -2.26. The Balaban J connectivity index is 2.29. The average Bonchev–Trinajstić information content (AvgIpc) is 2.91. The Morgan fingerprint density at radius 1 is 0.629 bits per heavy atom. The molecule has 0 spiro atoms. The second-order valence-corrected chi connectivity index (χ2v) is 8.05. The van der Waals surface area contributed by atoms with E-state index in [0.717, 1.165) is 28.0 Å². The van der Waals surface area contributed by atoms with E-state index in [4.69, 9.17) is 28.4 Å². The first-order chi connectivity index (χ1) is 16.9. The van der Waals surface area contributed by atoms with Crippen molar-refractivity contribution in [3.05, 3.63) is 70.3 Å². The fourth-order valence-electron chi connectivity index (χ4n) is 4.40. The summed E-state index contributed by atoms with van der Waals surface area (Å²) in [4.78, 5) is 0. The summed E-state index contributed by atoms with van der Waals surface area (Å²) in [5.74, 6) is 3.74. The maximum Gasteiger partial charge on any atom is 0.161 e. The van der Waals surface area contributed by atoms with Crippen LogP contribution in [0.4, 0.5) is 0 Å². The van der Waals surface area contributed by atoms with Gasteiger partial charge in [0.2, 0.25) is 0 Å². The molecule has 0 bridgehead atoms. The zero-order chi connectivity index (χ0) is 25.5. The highest BCUT2D eigenvalue weighted by atomic mass is 16.5. The van der Waals surface area contributed by atoms with E-state index in [2.05, 4.69) is 0 Å². The molecule has 3 rings (SSSR count). The Hall–Kier alpha value is -3.58. The highest BCUT2D eigenvalue weighted by molar-refractivity contribution is 5.55. The van der Waals surface area contributed by atoms with E-state index in [-0.39, 0.29) is 12.5 Å². The molecule has 0 unspecified atom stereocenters. The standard InChI is InChI=1S/C28H34O7/c1-17-19(10-21(30-2)14-25(17)33-5)12-23(18-8-9-24(32-4)26(13-18)34-6)28-20(16-29)11-22(31-3)15-27(28)35-7/h8-11,13-15,23,29H,12,16H2,1-7H3/t23-/m1/s1. The Labute approximate surface area is 207 Å². The van der Waals surface area contributed by atoms with Crippen molar-refractivity contribution in [3.8, 4) is 34.5 Å². The number of hydrogen-bond donors (Lipinski definition) is 1. The molecule has 35 heavy (non-hydrogen) atoms. The summed E-state index contributed by atoms with van der Waals surface area (Å²) in [5, 5.41) is 10.3. The van der Waals surface area contributed by atoms with E-state index in [1.807, 2.05) is 49.4 Å². The van der Waals surface area contributed by atoms with Gasteiger partial charge in [-0.15, -0.1) is 0 Å². The number of benzene rings is 3. The molecule has 0 heterocycles. The second kappa shape index (κ2) is 11.7. The predicted molar refractivity (Wildman–Crippen MR) is 135 cm³/mol. The van der Waals surface area contributed by atoms with Crippen LogP contribution in [0, 0.1) is 6.92 Å². The van der Waals surface area contributed by atoms with Crippen molar-refractivity contribution in [2.45, 2.75) is 25.9 Å². The van der Waals surface area contributed by atoms with Crippen molar-refractivity contribution in [1.29, 1.82) is 0 Å². The lowest BCUT2D eigenvalue weighted by molar-refractivity contribution is 0.277. The molecule has 0 aliphatic heterocycles. The normalized spacial score (nSPS) is 11.5. The van der Waals surface area contributed by atoms with Gasteiger partial charge in [0.25, 0.3) is 0 Å². The van der Waals surface area contributed by atoms with Crippen LogP contribution in [0.25, 0.3) is 0 Å². The predicted octanol–water partition coefficient (Wildman–Crippen LogP) is 4.91. The number of hydrogen-bond acceptors (Lipinski definition) is 7. The largest absolute Gasteiger partial charge is 0.497 e. The summed E-state index contributed by atoms with van der Waals surface area (Å²) < 4.78 is 33.4. The fourth-order valence-corrected chi connectivity index (χ4v) is 4.40. The van der Waals surface area contributed by atoms with Gasteiger partial charge in [-0.25, -0.2) is 0 Å². The van der Waals surface area contributed by atoms with Gasteiger partial charge in [-0.05, 0) is 59.9 Å². The van der Waals surface area contributed by atoms with Gasteiger partial charge in [0.1, 0.15) is 23.0 Å². The van der Waals surface area contributed by atoms with Gasteiger partial charge in [0, 0.05) is 23.6 Å². The molecule has 0 saturated heterocycles. The van der Waals surface area contributed by atoms with Gasteiger partial charge in [-0.1, -0.05) is 6.07 Å². The zero-order valence-corrected chi connectivity index (χ0v) is 21.4. The van der Waals surface area contributed by atoms with Crippen molar-refractivity contribution < 1.29 is 33.5 Å². The van der Waals surface area contributed by atoms with E-state index in [1.54, 1.807) is 42.7 Å². The number of methoxy groups -OCH3 is 6. The highest BCUT2D eigenvalue weighted by Crippen LogP contribution is 2.43. The molecule has 1 atom stereocenters. The van der Waals surface area contributed by atoms with Crippen molar-refractivity contribution in [2.75, 3.05) is 42.7 Å². The first-order valence-corrected chi connectivity index (χ1v) is 11.2. The Bertz CT molecular complexity index is 1130. The molecule has 0 aliphatic carbocycles. The van der Waals surface area contributed by atoms with Crippen LogP contribution in [-0.2, 0) is 13.0 Å². The summed E-state index contributed by atoms with van der Waals surface area (Å²) in [7, 11) is 9.71. The molecule has 0 aromatic heterocycles. The third-order valence-electron chi connectivity index (χ3n) is 6.31. The maximum atomic E-state index is 10.3. The van der Waals surface area contributed by atoms with Crippen LogP contribution in [0.3, 0.4) is 0 Å². The smallest absolute Gasteiger partial charge is 0.161 e. The third kappa shape index (κ3) is 5.41. The molecule has 0 fully saturated rings. The van der Waals surface area contributed by atoms with Crippen molar-refractivity contribution in [2.24, 2.45) is 0 Å². The Kier molecular flexibility index (Phi) is 8.71. The SMILES string of the molecule is COc1cc(C[C@H](c2ccc(OC)c(OC)c2)c2c(CO)cc(OC)cc2OC)c(C)c(OC)c1. The van der Waals surface area contributed by atoms with E-state index >= 15 is 0 Å². The topological polar surface area (TPSA) is 75.6 Å². The molecule has 188 valence electrons. The van der Waals surface area contributed by atoms with Crippen LogP contribution in [0.1, 0.15) is 33.7 Å². The first-order valence-electron chi connectivity index (χ1n) is 11.2. The van der Waals surface area contributed by atoms with Gasteiger partial charge in [-0.2, -0.15) is 0 Å². The third-order valence-corrected chi connectivity index (χ3v) is 6.31. The summed E-state index contributed by atoms with van der Waals surface area (Å²) in [6.07, 6.45) is 0.588. The number of rotatable bonds is 11. The van der Waals surface area contributed by atoms with Crippen molar-refractivity contribution in [1.82, 2.24) is 0 Å². The number of aliphatic hydroxyl groups is 1. The van der Waals surface area contributed by atoms with E-state index < -0.39 is 0 Å². The summed E-state index contributed by atoms with van der Waals surface area (Å²) >= 11 is 0. The van der Waals surface area contributed by atoms with Crippen LogP contribution in [0.2, 0.25) is 0 Å². The zero-order valence-electron chi connectivity index (χ0n) is 21.4. The molecule has 0 radical (unpaired) electrons. The molecule has 7 heteroatoms. The van der Waals surface area contributed by atoms with Crippen molar-refractivity contribution >= 4 is 0 Å². The van der Waals surface area contributed by atoms with Gasteiger partial charge in [0.15, 0.2) is 11.5 Å². The quantitative estimate of drug-likeness (QED) is 0.416. The monoisotopic (exact) mass is 482 g/mol. The summed E-state index contributed by atoms with van der Waals surface area (Å²) in [6.45, 7) is 1.85. The molecule has 7 nitrogen and oxygen atoms in total. The summed E-state index contributed by atoms with van der Waals surface area (Å²) in [6, 6.07) is 13.4. The molecule has 0 aliphatic rings. The van der Waals surface area contributed by atoms with E-state index in [9.17, 15) is 5.11 Å². The first kappa shape index (κ1) is 26.0. The van der Waals surface area contributed by atoms with Crippen LogP contribution in [-0.4, -0.2) is 47.8 Å². The second-order valence-electron chi connectivity index (χ2n) is 8.05. The van der Waals surface area contributed by atoms with E-state index in [1.165, 1.54) is 0 Å². The molecule has 0 saturated carbocycles. The molecule has 1 N–H and O–H groups in total. The lowest BCUT2D eigenvalue weighted by atomic mass is 9.81. The maximum absolute atomic E-state index is 10.3.